The minimum absolute atomic E-state index is 0.284. The molecule has 1 atom stereocenters. The first-order valence-corrected chi connectivity index (χ1v) is 4.88. The third kappa shape index (κ3) is 1.70. The standard InChI is InChI=1S/C10H19N3/c1-8(2)10(3,7-11)13-5-9(6-13)12-4/h8-9,12H,5-6H2,1-4H3/t10-/m1/s1. The lowest BCUT2D eigenvalue weighted by atomic mass is 9.85. The molecule has 0 aromatic heterocycles. The Bertz CT molecular complexity index is 213. The van der Waals surface area contributed by atoms with E-state index in [1.165, 1.54) is 0 Å². The van der Waals surface area contributed by atoms with Gasteiger partial charge in [-0.05, 0) is 19.9 Å². The lowest BCUT2D eigenvalue weighted by molar-refractivity contribution is 0.0223. The van der Waals surface area contributed by atoms with E-state index >= 15 is 0 Å². The lowest BCUT2D eigenvalue weighted by Gasteiger charge is -2.49. The summed E-state index contributed by atoms with van der Waals surface area (Å²) in [6.45, 7) is 8.24. The highest BCUT2D eigenvalue weighted by atomic mass is 15.3. The fourth-order valence-corrected chi connectivity index (χ4v) is 1.61. The fourth-order valence-electron chi connectivity index (χ4n) is 1.61. The molecule has 0 bridgehead atoms. The second-order valence-corrected chi connectivity index (χ2v) is 4.30. The van der Waals surface area contributed by atoms with E-state index < -0.39 is 0 Å². The maximum Gasteiger partial charge on any atom is 0.108 e. The summed E-state index contributed by atoms with van der Waals surface area (Å²) in [5, 5.41) is 12.4. The van der Waals surface area contributed by atoms with Crippen LogP contribution in [0.25, 0.3) is 0 Å². The smallest absolute Gasteiger partial charge is 0.108 e. The molecule has 1 N–H and O–H groups in total. The van der Waals surface area contributed by atoms with Gasteiger partial charge in [-0.25, -0.2) is 0 Å². The zero-order valence-electron chi connectivity index (χ0n) is 8.96. The third-order valence-electron chi connectivity index (χ3n) is 3.30. The average molecular weight is 181 g/mol. The monoisotopic (exact) mass is 181 g/mol. The molecule has 0 unspecified atom stereocenters. The van der Waals surface area contributed by atoms with Gasteiger partial charge in [-0.2, -0.15) is 5.26 Å². The van der Waals surface area contributed by atoms with Crippen molar-refractivity contribution >= 4 is 0 Å². The Morgan fingerprint density at radius 1 is 1.54 bits per heavy atom. The van der Waals surface area contributed by atoms with Gasteiger partial charge in [-0.15, -0.1) is 0 Å². The van der Waals surface area contributed by atoms with Crippen LogP contribution in [-0.4, -0.2) is 36.6 Å². The van der Waals surface area contributed by atoms with Crippen molar-refractivity contribution in [3.63, 3.8) is 0 Å². The fraction of sp³-hybridized carbons (Fsp3) is 0.900. The van der Waals surface area contributed by atoms with Gasteiger partial charge >= 0.3 is 0 Å². The van der Waals surface area contributed by atoms with Crippen LogP contribution in [0.4, 0.5) is 0 Å². The summed E-state index contributed by atoms with van der Waals surface area (Å²) in [4.78, 5) is 2.25. The van der Waals surface area contributed by atoms with E-state index in [0.29, 0.717) is 12.0 Å². The van der Waals surface area contributed by atoms with Crippen LogP contribution in [0.2, 0.25) is 0 Å². The Kier molecular flexibility index (Phi) is 2.94. The van der Waals surface area contributed by atoms with Crippen molar-refractivity contribution in [2.45, 2.75) is 32.4 Å². The molecule has 0 aromatic carbocycles. The topological polar surface area (TPSA) is 39.1 Å². The van der Waals surface area contributed by atoms with Gasteiger partial charge in [-0.3, -0.25) is 4.90 Å². The Labute approximate surface area is 80.7 Å². The number of nitrogens with zero attached hydrogens (tertiary/aromatic N) is 2. The van der Waals surface area contributed by atoms with Gasteiger partial charge in [0, 0.05) is 19.1 Å². The molecule has 0 radical (unpaired) electrons. The van der Waals surface area contributed by atoms with Crippen molar-refractivity contribution < 1.29 is 0 Å². The van der Waals surface area contributed by atoms with Crippen LogP contribution in [0.3, 0.4) is 0 Å². The summed E-state index contributed by atoms with van der Waals surface area (Å²) in [7, 11) is 1.97. The zero-order valence-corrected chi connectivity index (χ0v) is 8.96. The maximum atomic E-state index is 9.14. The van der Waals surface area contributed by atoms with Crippen molar-refractivity contribution in [3.8, 4) is 6.07 Å². The molecule has 1 heterocycles. The Hall–Kier alpha value is -0.590. The Morgan fingerprint density at radius 3 is 2.38 bits per heavy atom. The molecule has 0 aliphatic carbocycles. The van der Waals surface area contributed by atoms with Gasteiger partial charge in [-0.1, -0.05) is 13.8 Å². The normalized spacial score (nSPS) is 23.7. The summed E-state index contributed by atoms with van der Waals surface area (Å²) in [5.74, 6) is 0.385. The summed E-state index contributed by atoms with van der Waals surface area (Å²) in [6.07, 6.45) is 0. The van der Waals surface area contributed by atoms with Gasteiger partial charge in [0.1, 0.15) is 5.54 Å². The molecule has 1 fully saturated rings. The lowest BCUT2D eigenvalue weighted by Crippen LogP contribution is -2.65. The summed E-state index contributed by atoms with van der Waals surface area (Å²) >= 11 is 0. The number of hydrogen-bond donors (Lipinski definition) is 1. The number of nitriles is 1. The van der Waals surface area contributed by atoms with E-state index in [4.69, 9.17) is 5.26 Å². The number of likely N-dealkylation sites (N-methyl/N-ethyl adjacent to an activating group) is 1. The van der Waals surface area contributed by atoms with Gasteiger partial charge in [0.25, 0.3) is 0 Å². The zero-order chi connectivity index (χ0) is 10.1. The minimum atomic E-state index is -0.284. The predicted molar refractivity (Wildman–Crippen MR) is 53.3 cm³/mol. The van der Waals surface area contributed by atoms with E-state index in [-0.39, 0.29) is 5.54 Å². The SMILES string of the molecule is CNC1CN([C@](C)(C#N)C(C)C)C1. The van der Waals surface area contributed by atoms with E-state index in [9.17, 15) is 0 Å². The van der Waals surface area contributed by atoms with Crippen molar-refractivity contribution in [3.05, 3.63) is 0 Å². The molecule has 3 nitrogen and oxygen atoms in total. The van der Waals surface area contributed by atoms with Crippen LogP contribution in [0, 0.1) is 17.2 Å². The van der Waals surface area contributed by atoms with Crippen molar-refractivity contribution in [2.24, 2.45) is 5.92 Å². The van der Waals surface area contributed by atoms with Crippen LogP contribution in [0.5, 0.6) is 0 Å². The summed E-state index contributed by atoms with van der Waals surface area (Å²) in [5.41, 5.74) is -0.284. The molecule has 3 heteroatoms. The summed E-state index contributed by atoms with van der Waals surface area (Å²) in [6, 6.07) is 3.00. The van der Waals surface area contributed by atoms with Crippen LogP contribution in [-0.2, 0) is 0 Å². The number of likely N-dealkylation sites (tertiary alicyclic amines) is 1. The van der Waals surface area contributed by atoms with Gasteiger partial charge in [0.15, 0.2) is 0 Å². The molecule has 74 valence electrons. The molecule has 0 saturated carbocycles. The second-order valence-electron chi connectivity index (χ2n) is 4.30. The van der Waals surface area contributed by atoms with Crippen molar-refractivity contribution in [2.75, 3.05) is 20.1 Å². The second kappa shape index (κ2) is 3.65. The van der Waals surface area contributed by atoms with Gasteiger partial charge < -0.3 is 5.32 Å². The van der Waals surface area contributed by atoms with Gasteiger partial charge in [0.2, 0.25) is 0 Å². The molecule has 13 heavy (non-hydrogen) atoms. The Morgan fingerprint density at radius 2 is 2.08 bits per heavy atom. The van der Waals surface area contributed by atoms with Gasteiger partial charge in [0.05, 0.1) is 6.07 Å². The van der Waals surface area contributed by atoms with Crippen LogP contribution in [0.15, 0.2) is 0 Å². The molecule has 1 aliphatic heterocycles. The molecular weight excluding hydrogens is 162 g/mol. The first-order valence-electron chi connectivity index (χ1n) is 4.88. The first kappa shape index (κ1) is 10.5. The van der Waals surface area contributed by atoms with Crippen molar-refractivity contribution in [1.82, 2.24) is 10.2 Å². The van der Waals surface area contributed by atoms with Crippen LogP contribution < -0.4 is 5.32 Å². The molecule has 1 rings (SSSR count). The third-order valence-corrected chi connectivity index (χ3v) is 3.30. The van der Waals surface area contributed by atoms with Crippen molar-refractivity contribution in [1.29, 1.82) is 5.26 Å². The largest absolute Gasteiger partial charge is 0.315 e. The van der Waals surface area contributed by atoms with E-state index in [1.807, 2.05) is 14.0 Å². The highest BCUT2D eigenvalue weighted by Gasteiger charge is 2.42. The first-order chi connectivity index (χ1) is 6.04. The Balaban J connectivity index is 2.57. The minimum Gasteiger partial charge on any atom is -0.315 e. The van der Waals surface area contributed by atoms with E-state index in [2.05, 4.69) is 30.1 Å². The summed E-state index contributed by atoms with van der Waals surface area (Å²) < 4.78 is 0. The molecular formula is C10H19N3. The number of hydrogen-bond acceptors (Lipinski definition) is 3. The molecule has 1 saturated heterocycles. The van der Waals surface area contributed by atoms with E-state index in [0.717, 1.165) is 13.1 Å². The van der Waals surface area contributed by atoms with E-state index in [1.54, 1.807) is 0 Å². The van der Waals surface area contributed by atoms with Crippen LogP contribution in [0.1, 0.15) is 20.8 Å². The quantitative estimate of drug-likeness (QED) is 0.701. The number of nitrogens with one attached hydrogen (secondary N) is 1. The highest BCUT2D eigenvalue weighted by Crippen LogP contribution is 2.28. The van der Waals surface area contributed by atoms with Crippen LogP contribution >= 0.6 is 0 Å². The predicted octanol–water partition coefficient (Wildman–Crippen LogP) is 0.828. The highest BCUT2D eigenvalue weighted by molar-refractivity contribution is 5.11. The molecule has 0 spiro atoms. The molecule has 0 aromatic rings. The molecule has 1 aliphatic rings. The number of rotatable bonds is 3. The average Bonchev–Trinajstić information content (AvgIpc) is 2.01. The molecule has 0 amide bonds. The maximum absolute atomic E-state index is 9.14.